The van der Waals surface area contributed by atoms with Gasteiger partial charge in [0.15, 0.2) is 5.84 Å². The van der Waals surface area contributed by atoms with Gasteiger partial charge >= 0.3 is 0 Å². The Hall–Kier alpha value is -1.77. The highest BCUT2D eigenvalue weighted by atomic mass is 35.5. The van der Waals surface area contributed by atoms with Crippen molar-refractivity contribution in [1.29, 1.82) is 10.7 Å². The molecule has 21 heavy (non-hydrogen) atoms. The van der Waals surface area contributed by atoms with E-state index in [1.807, 2.05) is 11.0 Å². The van der Waals surface area contributed by atoms with Gasteiger partial charge in [-0.15, -0.1) is 0 Å². The summed E-state index contributed by atoms with van der Waals surface area (Å²) in [6.07, 6.45) is 3.26. The Kier molecular flexibility index (Phi) is 5.43. The van der Waals surface area contributed by atoms with E-state index in [1.165, 1.54) is 6.42 Å². The topological polar surface area (TPSA) is 75.3 Å². The smallest absolute Gasteiger partial charge is 0.202 e. The molecule has 1 aliphatic heterocycles. The molecular weight excluding hydrogens is 309 g/mol. The van der Waals surface area contributed by atoms with Gasteiger partial charge in [-0.25, -0.2) is 0 Å². The van der Waals surface area contributed by atoms with Crippen molar-refractivity contribution in [3.8, 4) is 6.07 Å². The van der Waals surface area contributed by atoms with Crippen LogP contribution in [0.2, 0.25) is 10.0 Å². The molecule has 0 saturated carbocycles. The van der Waals surface area contributed by atoms with E-state index in [1.54, 1.807) is 18.2 Å². The van der Waals surface area contributed by atoms with Gasteiger partial charge in [-0.3, -0.25) is 10.8 Å². The molecule has 0 atom stereocenters. The standard InChI is InChI=1S/C14H15Cl2N5/c15-11-5-4-10(8-12(11)16)19-20-13(9-17)14(18)21-6-2-1-3-7-21/h4-5,8,18-19H,1-3,6-7H2/b18-14?,20-13+. The van der Waals surface area contributed by atoms with Gasteiger partial charge in [0.2, 0.25) is 5.71 Å². The van der Waals surface area contributed by atoms with Crippen LogP contribution in [0.5, 0.6) is 0 Å². The number of hydrazone groups is 1. The van der Waals surface area contributed by atoms with E-state index in [2.05, 4.69) is 10.5 Å². The zero-order valence-corrected chi connectivity index (χ0v) is 12.9. The van der Waals surface area contributed by atoms with Crippen LogP contribution in [-0.4, -0.2) is 29.5 Å². The first-order valence-corrected chi connectivity index (χ1v) is 7.40. The summed E-state index contributed by atoms with van der Waals surface area (Å²) in [6, 6.07) is 6.92. The molecule has 1 fully saturated rings. The van der Waals surface area contributed by atoms with Gasteiger partial charge in [0.1, 0.15) is 6.07 Å². The maximum atomic E-state index is 9.17. The Bertz CT molecular complexity index is 600. The summed E-state index contributed by atoms with van der Waals surface area (Å²) < 4.78 is 0. The molecule has 0 aliphatic carbocycles. The highest BCUT2D eigenvalue weighted by molar-refractivity contribution is 6.46. The molecule has 5 nitrogen and oxygen atoms in total. The summed E-state index contributed by atoms with van der Waals surface area (Å²) in [7, 11) is 0. The molecule has 0 radical (unpaired) electrons. The molecule has 1 saturated heterocycles. The first kappa shape index (κ1) is 15.6. The van der Waals surface area contributed by atoms with Crippen molar-refractivity contribution in [1.82, 2.24) is 4.90 Å². The fraction of sp³-hybridized carbons (Fsp3) is 0.357. The summed E-state index contributed by atoms with van der Waals surface area (Å²) in [6.45, 7) is 1.60. The van der Waals surface area contributed by atoms with Gasteiger partial charge in [-0.1, -0.05) is 23.2 Å². The number of benzene rings is 1. The number of halogens is 2. The van der Waals surface area contributed by atoms with Crippen LogP contribution in [0.1, 0.15) is 19.3 Å². The molecule has 0 amide bonds. The van der Waals surface area contributed by atoms with Crippen molar-refractivity contribution in [3.63, 3.8) is 0 Å². The molecule has 0 aromatic heterocycles. The van der Waals surface area contributed by atoms with Crippen molar-refractivity contribution in [2.45, 2.75) is 19.3 Å². The fourth-order valence-electron chi connectivity index (χ4n) is 2.08. The average Bonchev–Trinajstić information content (AvgIpc) is 2.52. The summed E-state index contributed by atoms with van der Waals surface area (Å²) in [5.74, 6) is 0.157. The number of likely N-dealkylation sites (tertiary alicyclic amines) is 1. The second-order valence-corrected chi connectivity index (χ2v) is 5.52. The molecule has 0 unspecified atom stereocenters. The minimum absolute atomic E-state index is 0.0583. The Morgan fingerprint density at radius 2 is 1.95 bits per heavy atom. The first-order valence-electron chi connectivity index (χ1n) is 6.64. The van der Waals surface area contributed by atoms with Crippen LogP contribution in [0, 0.1) is 16.7 Å². The lowest BCUT2D eigenvalue weighted by atomic mass is 10.1. The summed E-state index contributed by atoms with van der Waals surface area (Å²) in [5, 5.41) is 22.1. The van der Waals surface area contributed by atoms with Crippen LogP contribution in [0.4, 0.5) is 5.69 Å². The average molecular weight is 324 g/mol. The second-order valence-electron chi connectivity index (χ2n) is 4.71. The zero-order chi connectivity index (χ0) is 15.2. The molecule has 0 spiro atoms. The highest BCUT2D eigenvalue weighted by Gasteiger charge is 2.18. The van der Waals surface area contributed by atoms with Crippen molar-refractivity contribution in [3.05, 3.63) is 28.2 Å². The van der Waals surface area contributed by atoms with E-state index < -0.39 is 0 Å². The molecule has 2 N–H and O–H groups in total. The lowest BCUT2D eigenvalue weighted by molar-refractivity contribution is 0.344. The number of nitriles is 1. The fourth-order valence-corrected chi connectivity index (χ4v) is 2.38. The number of nitrogens with zero attached hydrogens (tertiary/aromatic N) is 3. The van der Waals surface area contributed by atoms with E-state index in [-0.39, 0.29) is 11.5 Å². The predicted molar refractivity (Wildman–Crippen MR) is 86.3 cm³/mol. The minimum Gasteiger partial charge on any atom is -0.355 e. The molecule has 1 aromatic rings. The third kappa shape index (κ3) is 4.10. The summed E-state index contributed by atoms with van der Waals surface area (Å²) in [5.41, 5.74) is 3.41. The Balaban J connectivity index is 2.07. The molecule has 1 aromatic carbocycles. The lowest BCUT2D eigenvalue weighted by Gasteiger charge is -2.27. The van der Waals surface area contributed by atoms with E-state index in [0.717, 1.165) is 25.9 Å². The Morgan fingerprint density at radius 3 is 2.57 bits per heavy atom. The Morgan fingerprint density at radius 1 is 1.24 bits per heavy atom. The molecule has 2 rings (SSSR count). The highest BCUT2D eigenvalue weighted by Crippen LogP contribution is 2.25. The zero-order valence-electron chi connectivity index (χ0n) is 11.4. The quantitative estimate of drug-likeness (QED) is 0.505. The van der Waals surface area contributed by atoms with Crippen LogP contribution in [0.3, 0.4) is 0 Å². The number of hydrogen-bond donors (Lipinski definition) is 2. The molecule has 7 heteroatoms. The minimum atomic E-state index is 0.0583. The third-order valence-corrected chi connectivity index (χ3v) is 3.96. The van der Waals surface area contributed by atoms with Crippen LogP contribution in [0.15, 0.2) is 23.3 Å². The van der Waals surface area contributed by atoms with Gasteiger partial charge in [0, 0.05) is 13.1 Å². The molecule has 110 valence electrons. The summed E-state index contributed by atoms with van der Waals surface area (Å²) in [4.78, 5) is 1.88. The number of nitrogens with one attached hydrogen (secondary N) is 2. The first-order chi connectivity index (χ1) is 10.1. The van der Waals surface area contributed by atoms with Crippen LogP contribution < -0.4 is 5.43 Å². The third-order valence-electron chi connectivity index (χ3n) is 3.22. The van der Waals surface area contributed by atoms with Crippen LogP contribution in [0.25, 0.3) is 0 Å². The molecule has 0 bridgehead atoms. The molecule has 1 heterocycles. The van der Waals surface area contributed by atoms with Crippen molar-refractivity contribution in [2.75, 3.05) is 18.5 Å². The number of rotatable bonds is 3. The lowest BCUT2D eigenvalue weighted by Crippen LogP contribution is -2.39. The Labute approximate surface area is 133 Å². The molecular formula is C14H15Cl2N5. The van der Waals surface area contributed by atoms with E-state index in [0.29, 0.717) is 15.7 Å². The van der Waals surface area contributed by atoms with E-state index in [4.69, 9.17) is 33.9 Å². The number of piperidine rings is 1. The van der Waals surface area contributed by atoms with E-state index >= 15 is 0 Å². The van der Waals surface area contributed by atoms with Gasteiger partial charge in [0.05, 0.1) is 15.7 Å². The van der Waals surface area contributed by atoms with Crippen LogP contribution in [-0.2, 0) is 0 Å². The van der Waals surface area contributed by atoms with E-state index in [9.17, 15) is 0 Å². The van der Waals surface area contributed by atoms with Crippen LogP contribution >= 0.6 is 23.2 Å². The summed E-state index contributed by atoms with van der Waals surface area (Å²) >= 11 is 11.7. The number of amidine groups is 1. The number of hydrogen-bond acceptors (Lipinski definition) is 4. The predicted octanol–water partition coefficient (Wildman–Crippen LogP) is 3.75. The van der Waals surface area contributed by atoms with Crippen molar-refractivity contribution < 1.29 is 0 Å². The second kappa shape index (κ2) is 7.30. The van der Waals surface area contributed by atoms with Gasteiger partial charge < -0.3 is 4.90 Å². The normalized spacial score (nSPS) is 15.5. The maximum absolute atomic E-state index is 9.17. The number of anilines is 1. The van der Waals surface area contributed by atoms with Gasteiger partial charge in [0.25, 0.3) is 0 Å². The largest absolute Gasteiger partial charge is 0.355 e. The van der Waals surface area contributed by atoms with Gasteiger partial charge in [-0.2, -0.15) is 10.4 Å². The van der Waals surface area contributed by atoms with Gasteiger partial charge in [-0.05, 0) is 37.5 Å². The SMILES string of the molecule is N#C/C(=N\Nc1ccc(Cl)c(Cl)c1)C(=N)N1CCCCC1. The monoisotopic (exact) mass is 323 g/mol. The maximum Gasteiger partial charge on any atom is 0.202 e. The van der Waals surface area contributed by atoms with Crippen molar-refractivity contribution in [2.24, 2.45) is 5.10 Å². The molecule has 1 aliphatic rings. The van der Waals surface area contributed by atoms with Crippen molar-refractivity contribution >= 4 is 40.4 Å².